The van der Waals surface area contributed by atoms with Crippen molar-refractivity contribution < 1.29 is 9.21 Å². The van der Waals surface area contributed by atoms with Gasteiger partial charge in [-0.3, -0.25) is 4.79 Å². The number of para-hydroxylation sites is 1. The predicted octanol–water partition coefficient (Wildman–Crippen LogP) is 2.72. The van der Waals surface area contributed by atoms with Gasteiger partial charge in [-0.25, -0.2) is 9.67 Å². The number of carbonyl (C=O) groups is 1. The Balaban J connectivity index is 1.73. The van der Waals surface area contributed by atoms with Crippen molar-refractivity contribution in [1.82, 2.24) is 20.1 Å². The number of aryl methyl sites for hydroxylation is 3. The maximum absolute atomic E-state index is 12.3. The molecule has 6 nitrogen and oxygen atoms in total. The van der Waals surface area contributed by atoms with Crippen LogP contribution in [-0.2, 0) is 6.54 Å². The van der Waals surface area contributed by atoms with E-state index in [1.807, 2.05) is 51.1 Å². The summed E-state index contributed by atoms with van der Waals surface area (Å²) in [5.74, 6) is 1.00. The van der Waals surface area contributed by atoms with Gasteiger partial charge < -0.3 is 9.73 Å². The average Bonchev–Trinajstić information content (AvgIpc) is 3.09. The fourth-order valence-electron chi connectivity index (χ4n) is 2.28. The number of amides is 1. The summed E-state index contributed by atoms with van der Waals surface area (Å²) < 4.78 is 7.19. The molecule has 3 rings (SSSR count). The van der Waals surface area contributed by atoms with Gasteiger partial charge >= 0.3 is 0 Å². The first-order chi connectivity index (χ1) is 11.0. The molecule has 0 aliphatic carbocycles. The number of benzene rings is 1. The molecule has 23 heavy (non-hydrogen) atoms. The highest BCUT2D eigenvalue weighted by atomic mass is 16.4. The van der Waals surface area contributed by atoms with Gasteiger partial charge in [0.05, 0.1) is 17.9 Å². The number of hydrogen-bond acceptors (Lipinski definition) is 4. The first-order valence-corrected chi connectivity index (χ1v) is 7.38. The fraction of sp³-hybridized carbons (Fsp3) is 0.235. The van der Waals surface area contributed by atoms with Gasteiger partial charge in [-0.1, -0.05) is 18.2 Å². The van der Waals surface area contributed by atoms with Crippen molar-refractivity contribution in [3.05, 3.63) is 65.1 Å². The molecule has 118 valence electrons. The molecular weight excluding hydrogens is 292 g/mol. The number of oxazole rings is 1. The molecule has 0 unspecified atom stereocenters. The van der Waals surface area contributed by atoms with Crippen LogP contribution in [0.5, 0.6) is 0 Å². The van der Waals surface area contributed by atoms with E-state index >= 15 is 0 Å². The molecule has 2 heterocycles. The molecule has 0 bridgehead atoms. The van der Waals surface area contributed by atoms with Gasteiger partial charge in [-0.15, -0.1) is 0 Å². The van der Waals surface area contributed by atoms with Crippen LogP contribution >= 0.6 is 0 Å². The predicted molar refractivity (Wildman–Crippen MR) is 85.4 cm³/mol. The Kier molecular flexibility index (Phi) is 3.97. The third-order valence-electron chi connectivity index (χ3n) is 3.59. The van der Waals surface area contributed by atoms with Crippen molar-refractivity contribution in [2.45, 2.75) is 27.3 Å². The van der Waals surface area contributed by atoms with Crippen molar-refractivity contribution in [3.8, 4) is 5.69 Å². The number of carbonyl (C=O) groups excluding carboxylic acids is 1. The van der Waals surface area contributed by atoms with Crippen LogP contribution in [0.3, 0.4) is 0 Å². The summed E-state index contributed by atoms with van der Waals surface area (Å²) in [6, 6.07) is 11.5. The molecular formula is C17H18N4O2. The van der Waals surface area contributed by atoms with Crippen LogP contribution in [0.15, 0.2) is 40.8 Å². The van der Waals surface area contributed by atoms with E-state index in [0.29, 0.717) is 11.6 Å². The smallest absolute Gasteiger partial charge is 0.272 e. The van der Waals surface area contributed by atoms with Gasteiger partial charge in [0.1, 0.15) is 5.76 Å². The zero-order valence-corrected chi connectivity index (χ0v) is 13.3. The normalized spacial score (nSPS) is 10.7. The third kappa shape index (κ3) is 3.15. The molecule has 0 radical (unpaired) electrons. The van der Waals surface area contributed by atoms with Crippen molar-refractivity contribution in [2.75, 3.05) is 0 Å². The van der Waals surface area contributed by atoms with Crippen LogP contribution in [0, 0.1) is 20.8 Å². The quantitative estimate of drug-likeness (QED) is 0.804. The first-order valence-electron chi connectivity index (χ1n) is 7.38. The van der Waals surface area contributed by atoms with Gasteiger partial charge in [0.25, 0.3) is 5.91 Å². The Morgan fingerprint density at radius 3 is 2.61 bits per heavy atom. The van der Waals surface area contributed by atoms with Crippen LogP contribution in [0.4, 0.5) is 0 Å². The minimum Gasteiger partial charge on any atom is -0.444 e. The number of nitrogens with one attached hydrogen (secondary N) is 1. The highest BCUT2D eigenvalue weighted by Crippen LogP contribution is 2.12. The summed E-state index contributed by atoms with van der Waals surface area (Å²) in [5.41, 5.74) is 3.01. The van der Waals surface area contributed by atoms with Crippen molar-refractivity contribution in [2.24, 2.45) is 0 Å². The van der Waals surface area contributed by atoms with Gasteiger partial charge in [-0.2, -0.15) is 5.10 Å². The monoisotopic (exact) mass is 310 g/mol. The van der Waals surface area contributed by atoms with Gasteiger partial charge in [0, 0.05) is 5.69 Å². The lowest BCUT2D eigenvalue weighted by molar-refractivity contribution is 0.0941. The second-order valence-electron chi connectivity index (χ2n) is 5.35. The highest BCUT2D eigenvalue weighted by molar-refractivity contribution is 5.92. The largest absolute Gasteiger partial charge is 0.444 e. The summed E-state index contributed by atoms with van der Waals surface area (Å²) in [4.78, 5) is 16.5. The molecule has 1 amide bonds. The second kappa shape index (κ2) is 6.08. The van der Waals surface area contributed by atoms with Crippen LogP contribution in [0.2, 0.25) is 0 Å². The molecule has 0 fully saturated rings. The zero-order valence-electron chi connectivity index (χ0n) is 13.3. The topological polar surface area (TPSA) is 73.0 Å². The summed E-state index contributed by atoms with van der Waals surface area (Å²) in [6.45, 7) is 5.87. The van der Waals surface area contributed by atoms with E-state index in [2.05, 4.69) is 15.4 Å². The Morgan fingerprint density at radius 1 is 1.22 bits per heavy atom. The standard InChI is InChI=1S/C17H18N4O2/c1-11-9-15(20-21(11)14-7-5-4-6-8-14)17(22)18-10-16-19-12(2)13(3)23-16/h4-9H,10H2,1-3H3,(H,18,22). The Labute approximate surface area is 134 Å². The number of rotatable bonds is 4. The zero-order chi connectivity index (χ0) is 16.4. The lowest BCUT2D eigenvalue weighted by atomic mass is 10.3. The van der Waals surface area contributed by atoms with Crippen LogP contribution in [-0.4, -0.2) is 20.7 Å². The van der Waals surface area contributed by atoms with Crippen LogP contribution < -0.4 is 5.32 Å². The SMILES string of the molecule is Cc1nc(CNC(=O)c2cc(C)n(-c3ccccc3)n2)oc1C. The second-order valence-corrected chi connectivity index (χ2v) is 5.35. The number of aromatic nitrogens is 3. The maximum Gasteiger partial charge on any atom is 0.272 e. The molecule has 0 spiro atoms. The minimum absolute atomic E-state index is 0.241. The van der Waals surface area contributed by atoms with Gasteiger partial charge in [0.15, 0.2) is 5.69 Å². The van der Waals surface area contributed by atoms with Crippen molar-refractivity contribution in [1.29, 1.82) is 0 Å². The molecule has 6 heteroatoms. The van der Waals surface area contributed by atoms with Crippen LogP contribution in [0.1, 0.15) is 33.5 Å². The molecule has 0 saturated heterocycles. The van der Waals surface area contributed by atoms with Crippen LogP contribution in [0.25, 0.3) is 5.69 Å². The molecule has 3 aromatic rings. The van der Waals surface area contributed by atoms with Gasteiger partial charge in [0.2, 0.25) is 5.89 Å². The number of hydrogen-bond donors (Lipinski definition) is 1. The van der Waals surface area contributed by atoms with E-state index in [4.69, 9.17) is 4.42 Å². The van der Waals surface area contributed by atoms with E-state index < -0.39 is 0 Å². The molecule has 0 atom stereocenters. The Hall–Kier alpha value is -2.89. The summed E-state index contributed by atoms with van der Waals surface area (Å²) in [7, 11) is 0. The van der Waals surface area contributed by atoms with Crippen molar-refractivity contribution >= 4 is 5.91 Å². The summed E-state index contributed by atoms with van der Waals surface area (Å²) >= 11 is 0. The molecule has 0 aliphatic rings. The highest BCUT2D eigenvalue weighted by Gasteiger charge is 2.14. The van der Waals surface area contributed by atoms with Gasteiger partial charge in [-0.05, 0) is 39.0 Å². The Morgan fingerprint density at radius 2 is 1.96 bits per heavy atom. The Bertz CT molecular complexity index is 814. The molecule has 0 saturated carbocycles. The molecule has 0 aliphatic heterocycles. The number of nitrogens with zero attached hydrogens (tertiary/aromatic N) is 3. The first kappa shape index (κ1) is 15.0. The van der Waals surface area contributed by atoms with E-state index in [-0.39, 0.29) is 12.5 Å². The minimum atomic E-state index is -0.253. The summed E-state index contributed by atoms with van der Waals surface area (Å²) in [5, 5.41) is 7.15. The lowest BCUT2D eigenvalue weighted by Gasteiger charge is -2.03. The van der Waals surface area contributed by atoms with E-state index in [9.17, 15) is 4.79 Å². The molecule has 1 aromatic carbocycles. The molecule has 1 N–H and O–H groups in total. The summed E-state index contributed by atoms with van der Waals surface area (Å²) in [6.07, 6.45) is 0. The van der Waals surface area contributed by atoms with E-state index in [1.165, 1.54) is 0 Å². The van der Waals surface area contributed by atoms with E-state index in [1.54, 1.807) is 10.7 Å². The third-order valence-corrected chi connectivity index (χ3v) is 3.59. The van der Waals surface area contributed by atoms with E-state index in [0.717, 1.165) is 22.8 Å². The average molecular weight is 310 g/mol. The lowest BCUT2D eigenvalue weighted by Crippen LogP contribution is -2.23. The van der Waals surface area contributed by atoms with Crippen molar-refractivity contribution in [3.63, 3.8) is 0 Å². The molecule has 2 aromatic heterocycles. The maximum atomic E-state index is 12.3. The fourth-order valence-corrected chi connectivity index (χ4v) is 2.28.